The summed E-state index contributed by atoms with van der Waals surface area (Å²) in [7, 11) is 1.33. The molecule has 0 spiro atoms. The maximum absolute atomic E-state index is 12.3. The first kappa shape index (κ1) is 17.1. The zero-order valence-electron chi connectivity index (χ0n) is 12.5. The van der Waals surface area contributed by atoms with E-state index >= 15 is 0 Å². The molecule has 2 rings (SSSR count). The van der Waals surface area contributed by atoms with Crippen molar-refractivity contribution in [2.75, 3.05) is 19.5 Å². The Morgan fingerprint density at radius 1 is 1.13 bits per heavy atom. The van der Waals surface area contributed by atoms with E-state index in [0.717, 1.165) is 0 Å². The van der Waals surface area contributed by atoms with Crippen molar-refractivity contribution in [3.05, 3.63) is 47.0 Å². The van der Waals surface area contributed by atoms with Gasteiger partial charge in [-0.05, 0) is 24.3 Å². The van der Waals surface area contributed by atoms with E-state index in [4.69, 9.17) is 31.1 Å². The third kappa shape index (κ3) is 3.95. The fraction of sp³-hybridized carbons (Fsp3) is 0.133. The van der Waals surface area contributed by atoms with Crippen molar-refractivity contribution in [3.63, 3.8) is 0 Å². The van der Waals surface area contributed by atoms with Crippen LogP contribution in [0.25, 0.3) is 0 Å². The number of rotatable bonds is 5. The van der Waals surface area contributed by atoms with Crippen molar-refractivity contribution in [1.29, 1.82) is 0 Å². The molecular formula is C15H15BClNO5. The molecule has 0 aromatic heterocycles. The average molecular weight is 336 g/mol. The Morgan fingerprint density at radius 2 is 1.87 bits per heavy atom. The van der Waals surface area contributed by atoms with Gasteiger partial charge in [-0.3, -0.25) is 4.79 Å². The first-order chi connectivity index (χ1) is 11.0. The highest BCUT2D eigenvalue weighted by Crippen LogP contribution is 2.29. The Morgan fingerprint density at radius 3 is 2.43 bits per heavy atom. The van der Waals surface area contributed by atoms with Gasteiger partial charge in [0.1, 0.15) is 11.5 Å². The molecule has 0 saturated heterocycles. The van der Waals surface area contributed by atoms with Gasteiger partial charge in [-0.1, -0.05) is 17.7 Å². The highest BCUT2D eigenvalue weighted by Gasteiger charge is 2.17. The molecule has 0 saturated carbocycles. The highest BCUT2D eigenvalue weighted by molar-refractivity contribution is 6.62. The zero-order chi connectivity index (χ0) is 17.0. The van der Waals surface area contributed by atoms with Crippen molar-refractivity contribution < 1.29 is 24.3 Å². The summed E-state index contributed by atoms with van der Waals surface area (Å²) >= 11 is 5.93. The van der Waals surface area contributed by atoms with Crippen LogP contribution in [0.2, 0.25) is 5.02 Å². The quantitative estimate of drug-likeness (QED) is 0.717. The van der Waals surface area contributed by atoms with Crippen LogP contribution in [0.15, 0.2) is 36.4 Å². The second-order valence-electron chi connectivity index (χ2n) is 4.63. The fourth-order valence-corrected chi connectivity index (χ4v) is 2.25. The third-order valence-corrected chi connectivity index (χ3v) is 3.53. The van der Waals surface area contributed by atoms with Crippen molar-refractivity contribution >= 4 is 35.8 Å². The number of halogens is 1. The van der Waals surface area contributed by atoms with Crippen molar-refractivity contribution in [2.45, 2.75) is 0 Å². The molecule has 6 nitrogen and oxygen atoms in total. The molecule has 0 aliphatic heterocycles. The lowest BCUT2D eigenvalue weighted by Crippen LogP contribution is -2.31. The molecular weight excluding hydrogens is 320 g/mol. The predicted octanol–water partition coefficient (Wildman–Crippen LogP) is 1.29. The fourth-order valence-electron chi connectivity index (χ4n) is 1.97. The average Bonchev–Trinajstić information content (AvgIpc) is 2.54. The van der Waals surface area contributed by atoms with Gasteiger partial charge in [-0.25, -0.2) is 0 Å². The lowest BCUT2D eigenvalue weighted by molar-refractivity contribution is 0.102. The van der Waals surface area contributed by atoms with Crippen molar-refractivity contribution in [2.24, 2.45) is 0 Å². The molecule has 0 unspecified atom stereocenters. The van der Waals surface area contributed by atoms with E-state index in [1.165, 1.54) is 32.4 Å². The smallest absolute Gasteiger partial charge is 0.489 e. The summed E-state index contributed by atoms with van der Waals surface area (Å²) in [5.74, 6) is 0.643. The lowest BCUT2D eigenvalue weighted by Gasteiger charge is -2.12. The van der Waals surface area contributed by atoms with Gasteiger partial charge in [0.25, 0.3) is 5.91 Å². The van der Waals surface area contributed by atoms with Crippen LogP contribution in [0.5, 0.6) is 11.5 Å². The number of nitrogens with one attached hydrogen (secondary N) is 1. The molecule has 0 radical (unpaired) electrons. The standard InChI is InChI=1S/C15H15BClNO5/c1-22-10-4-6-13(14(8-10)23-2)18-15(19)9-3-5-11(16(20)21)12(17)7-9/h3-8,20-21H,1-2H3,(H,18,19). The van der Waals surface area contributed by atoms with Crippen LogP contribution in [0.3, 0.4) is 0 Å². The summed E-state index contributed by atoms with van der Waals surface area (Å²) in [6, 6.07) is 9.19. The van der Waals surface area contributed by atoms with E-state index in [2.05, 4.69) is 5.32 Å². The minimum atomic E-state index is -1.69. The van der Waals surface area contributed by atoms with Crippen LogP contribution < -0.4 is 20.3 Å². The number of hydrogen-bond acceptors (Lipinski definition) is 5. The summed E-state index contributed by atoms with van der Waals surface area (Å²) in [6.45, 7) is 0. The topological polar surface area (TPSA) is 88.0 Å². The van der Waals surface area contributed by atoms with Crippen molar-refractivity contribution in [3.8, 4) is 11.5 Å². The van der Waals surface area contributed by atoms with Crippen LogP contribution in [0.1, 0.15) is 10.4 Å². The van der Waals surface area contributed by atoms with Gasteiger partial charge >= 0.3 is 7.12 Å². The number of benzene rings is 2. The Balaban J connectivity index is 2.24. The molecule has 0 fully saturated rings. The van der Waals surface area contributed by atoms with E-state index in [1.807, 2.05) is 0 Å². The SMILES string of the molecule is COc1ccc(NC(=O)c2ccc(B(O)O)c(Cl)c2)c(OC)c1. The maximum atomic E-state index is 12.3. The Labute approximate surface area is 138 Å². The minimum Gasteiger partial charge on any atom is -0.497 e. The van der Waals surface area contributed by atoms with E-state index in [0.29, 0.717) is 17.2 Å². The molecule has 0 aliphatic rings. The Hall–Kier alpha value is -2.22. The largest absolute Gasteiger partial charge is 0.497 e. The second-order valence-corrected chi connectivity index (χ2v) is 5.04. The molecule has 1 amide bonds. The predicted molar refractivity (Wildman–Crippen MR) is 88.8 cm³/mol. The summed E-state index contributed by atoms with van der Waals surface area (Å²) in [4.78, 5) is 12.3. The van der Waals surface area contributed by atoms with Gasteiger partial charge in [0, 0.05) is 22.1 Å². The summed E-state index contributed by atoms with van der Waals surface area (Å²) < 4.78 is 10.3. The normalized spacial score (nSPS) is 10.1. The Bertz CT molecular complexity index is 723. The van der Waals surface area contributed by atoms with E-state index in [-0.39, 0.29) is 16.0 Å². The minimum absolute atomic E-state index is 0.0920. The summed E-state index contributed by atoms with van der Waals surface area (Å²) in [5.41, 5.74) is 0.878. The molecule has 23 heavy (non-hydrogen) atoms. The second kappa shape index (κ2) is 7.37. The number of methoxy groups -OCH3 is 2. The van der Waals surface area contributed by atoms with Gasteiger partial charge in [0.2, 0.25) is 0 Å². The molecule has 0 aliphatic carbocycles. The number of ether oxygens (including phenoxy) is 2. The van der Waals surface area contributed by atoms with Gasteiger partial charge < -0.3 is 24.8 Å². The van der Waals surface area contributed by atoms with Crippen LogP contribution in [-0.4, -0.2) is 37.3 Å². The number of hydrogen-bond donors (Lipinski definition) is 3. The lowest BCUT2D eigenvalue weighted by atomic mass is 9.80. The molecule has 2 aromatic rings. The summed E-state index contributed by atoms with van der Waals surface area (Å²) in [5, 5.41) is 21.1. The monoisotopic (exact) mass is 335 g/mol. The molecule has 0 atom stereocenters. The molecule has 120 valence electrons. The van der Waals surface area contributed by atoms with Gasteiger partial charge in [-0.15, -0.1) is 0 Å². The van der Waals surface area contributed by atoms with Crippen LogP contribution >= 0.6 is 11.6 Å². The maximum Gasteiger partial charge on any atom is 0.489 e. The molecule has 8 heteroatoms. The molecule has 3 N–H and O–H groups in total. The molecule has 2 aromatic carbocycles. The molecule has 0 heterocycles. The third-order valence-electron chi connectivity index (χ3n) is 3.20. The summed E-state index contributed by atoms with van der Waals surface area (Å²) in [6.07, 6.45) is 0. The first-order valence-corrected chi connectivity index (χ1v) is 7.03. The van der Waals surface area contributed by atoms with Crippen LogP contribution in [-0.2, 0) is 0 Å². The molecule has 0 bridgehead atoms. The van der Waals surface area contributed by atoms with Gasteiger partial charge in [0.05, 0.1) is 19.9 Å². The van der Waals surface area contributed by atoms with E-state index < -0.39 is 13.0 Å². The number of anilines is 1. The van der Waals surface area contributed by atoms with E-state index in [9.17, 15) is 4.79 Å². The number of carbonyl (C=O) groups excluding carboxylic acids is 1. The van der Waals surface area contributed by atoms with Crippen molar-refractivity contribution in [1.82, 2.24) is 0 Å². The van der Waals surface area contributed by atoms with Gasteiger partial charge in [0.15, 0.2) is 0 Å². The van der Waals surface area contributed by atoms with Gasteiger partial charge in [-0.2, -0.15) is 0 Å². The van der Waals surface area contributed by atoms with Crippen LogP contribution in [0, 0.1) is 0 Å². The Kier molecular flexibility index (Phi) is 5.49. The van der Waals surface area contributed by atoms with Crippen LogP contribution in [0.4, 0.5) is 5.69 Å². The first-order valence-electron chi connectivity index (χ1n) is 6.65. The number of carbonyl (C=O) groups is 1. The zero-order valence-corrected chi connectivity index (χ0v) is 13.3. The highest BCUT2D eigenvalue weighted by atomic mass is 35.5. The van der Waals surface area contributed by atoms with E-state index in [1.54, 1.807) is 18.2 Å². The number of amides is 1.